The molecule has 0 radical (unpaired) electrons. The van der Waals surface area contributed by atoms with Crippen molar-refractivity contribution in [1.82, 2.24) is 14.6 Å². The number of sulfonamides is 1. The molecule has 146 valence electrons. The third kappa shape index (κ3) is 3.46. The van der Waals surface area contributed by atoms with Crippen LogP contribution in [0.5, 0.6) is 0 Å². The summed E-state index contributed by atoms with van der Waals surface area (Å²) in [6.45, 7) is 1.14. The first-order valence-corrected chi connectivity index (χ1v) is 10.4. The maximum atomic E-state index is 12.8. The highest BCUT2D eigenvalue weighted by Gasteiger charge is 2.27. The zero-order valence-electron chi connectivity index (χ0n) is 15.0. The van der Waals surface area contributed by atoms with Gasteiger partial charge in [0.15, 0.2) is 0 Å². The van der Waals surface area contributed by atoms with E-state index < -0.39 is 21.5 Å². The summed E-state index contributed by atoms with van der Waals surface area (Å²) in [5.74, 6) is 0.0861. The number of hydrogen-bond donors (Lipinski definition) is 2. The number of pyridine rings is 1. The first-order chi connectivity index (χ1) is 13.4. The summed E-state index contributed by atoms with van der Waals surface area (Å²) in [5, 5.41) is 3.06. The molecule has 3 heterocycles. The largest absolute Gasteiger partial charge is 0.467 e. The monoisotopic (exact) mass is 401 g/mol. The Balaban J connectivity index is 1.73. The Morgan fingerprint density at radius 2 is 1.96 bits per heavy atom. The van der Waals surface area contributed by atoms with Crippen molar-refractivity contribution in [3.8, 4) is 0 Å². The van der Waals surface area contributed by atoms with Gasteiger partial charge in [-0.3, -0.25) is 9.59 Å². The molecule has 0 spiro atoms. The average Bonchev–Trinajstić information content (AvgIpc) is 3.39. The fourth-order valence-corrected chi connectivity index (χ4v) is 4.88. The molecular formula is C19H19N3O5S. The molecule has 0 bridgehead atoms. The minimum Gasteiger partial charge on any atom is -0.467 e. The first-order valence-electron chi connectivity index (χ1n) is 8.93. The second-order valence-corrected chi connectivity index (χ2v) is 8.57. The van der Waals surface area contributed by atoms with E-state index in [9.17, 15) is 18.0 Å². The molecule has 1 aliphatic rings. The van der Waals surface area contributed by atoms with Crippen molar-refractivity contribution in [1.29, 1.82) is 0 Å². The Labute approximate surface area is 161 Å². The fraction of sp³-hybridized carbons (Fsp3) is 0.263. The van der Waals surface area contributed by atoms with Crippen LogP contribution in [0, 0.1) is 0 Å². The van der Waals surface area contributed by atoms with E-state index in [4.69, 9.17) is 4.42 Å². The third-order valence-corrected chi connectivity index (χ3v) is 6.66. The maximum Gasteiger partial charge on any atom is 0.252 e. The predicted octanol–water partition coefficient (Wildman–Crippen LogP) is 1.84. The van der Waals surface area contributed by atoms with Gasteiger partial charge < -0.3 is 14.7 Å². The van der Waals surface area contributed by atoms with Gasteiger partial charge in [-0.1, -0.05) is 0 Å². The molecule has 9 heteroatoms. The molecule has 0 saturated carbocycles. The van der Waals surface area contributed by atoms with Crippen LogP contribution in [0.4, 0.5) is 0 Å². The van der Waals surface area contributed by atoms with Crippen LogP contribution in [-0.2, 0) is 16.6 Å². The van der Waals surface area contributed by atoms with Gasteiger partial charge in [-0.25, -0.2) is 8.42 Å². The second kappa shape index (κ2) is 7.25. The minimum atomic E-state index is -3.64. The van der Waals surface area contributed by atoms with E-state index in [1.165, 1.54) is 34.8 Å². The molecule has 0 aliphatic carbocycles. The third-order valence-electron chi connectivity index (χ3n) is 4.77. The van der Waals surface area contributed by atoms with E-state index in [1.54, 1.807) is 12.1 Å². The number of hydrogen-bond acceptors (Lipinski definition) is 5. The van der Waals surface area contributed by atoms with Gasteiger partial charge in [0.2, 0.25) is 15.6 Å². The molecule has 1 amide bonds. The lowest BCUT2D eigenvalue weighted by atomic mass is 10.1. The number of H-pyrrole nitrogens is 1. The molecule has 2 N–H and O–H groups in total. The summed E-state index contributed by atoms with van der Waals surface area (Å²) in [7, 11) is -3.64. The number of rotatable bonds is 5. The van der Waals surface area contributed by atoms with Crippen molar-refractivity contribution in [2.24, 2.45) is 0 Å². The SMILES string of the molecule is O=C(NCc1ccco1)c1cc(=O)[nH]c2ccc(S(=O)(=O)N3CCCC3)cc12. The fourth-order valence-electron chi connectivity index (χ4n) is 3.33. The molecule has 1 aromatic carbocycles. The normalized spacial score (nSPS) is 15.1. The predicted molar refractivity (Wildman–Crippen MR) is 102 cm³/mol. The summed E-state index contributed by atoms with van der Waals surface area (Å²) in [6.07, 6.45) is 3.17. The van der Waals surface area contributed by atoms with Crippen molar-refractivity contribution < 1.29 is 17.6 Å². The Morgan fingerprint density at radius 1 is 1.18 bits per heavy atom. The Kier molecular flexibility index (Phi) is 4.78. The quantitative estimate of drug-likeness (QED) is 0.677. The van der Waals surface area contributed by atoms with Gasteiger partial charge in [0.25, 0.3) is 5.91 Å². The molecule has 1 saturated heterocycles. The van der Waals surface area contributed by atoms with Crippen LogP contribution >= 0.6 is 0 Å². The number of nitrogens with zero attached hydrogens (tertiary/aromatic N) is 1. The topological polar surface area (TPSA) is 112 Å². The lowest BCUT2D eigenvalue weighted by Gasteiger charge is -2.16. The van der Waals surface area contributed by atoms with Crippen molar-refractivity contribution in [3.05, 3.63) is 64.3 Å². The van der Waals surface area contributed by atoms with Crippen LogP contribution in [-0.4, -0.2) is 36.7 Å². The number of benzene rings is 1. The van der Waals surface area contributed by atoms with E-state index in [0.717, 1.165) is 12.8 Å². The number of aromatic amines is 1. The van der Waals surface area contributed by atoms with Crippen molar-refractivity contribution in [3.63, 3.8) is 0 Å². The zero-order valence-corrected chi connectivity index (χ0v) is 15.8. The Morgan fingerprint density at radius 3 is 2.68 bits per heavy atom. The molecule has 0 atom stereocenters. The molecule has 1 fully saturated rings. The number of amides is 1. The number of aromatic nitrogens is 1. The average molecular weight is 401 g/mol. The number of furan rings is 1. The Bertz CT molecular complexity index is 1180. The Hall–Kier alpha value is -2.91. The summed E-state index contributed by atoms with van der Waals surface area (Å²) >= 11 is 0. The van der Waals surface area contributed by atoms with Crippen LogP contribution in [0.2, 0.25) is 0 Å². The smallest absolute Gasteiger partial charge is 0.252 e. The molecule has 4 rings (SSSR count). The molecule has 28 heavy (non-hydrogen) atoms. The van der Waals surface area contributed by atoms with Gasteiger partial charge in [0.1, 0.15) is 5.76 Å². The van der Waals surface area contributed by atoms with E-state index >= 15 is 0 Å². The van der Waals surface area contributed by atoms with Gasteiger partial charge in [0, 0.05) is 30.1 Å². The molecule has 0 unspecified atom stereocenters. The van der Waals surface area contributed by atoms with Gasteiger partial charge in [0.05, 0.1) is 23.3 Å². The van der Waals surface area contributed by atoms with E-state index in [0.29, 0.717) is 29.8 Å². The summed E-state index contributed by atoms with van der Waals surface area (Å²) in [5.41, 5.74) is 0.0746. The van der Waals surface area contributed by atoms with Gasteiger partial charge in [-0.15, -0.1) is 0 Å². The maximum absolute atomic E-state index is 12.8. The second-order valence-electron chi connectivity index (χ2n) is 6.63. The van der Waals surface area contributed by atoms with Crippen LogP contribution in [0.15, 0.2) is 56.8 Å². The molecule has 2 aromatic heterocycles. The first kappa shape index (κ1) is 18.5. The summed E-state index contributed by atoms with van der Waals surface area (Å²) in [4.78, 5) is 27.4. The van der Waals surface area contributed by atoms with E-state index in [-0.39, 0.29) is 17.0 Å². The van der Waals surface area contributed by atoms with Crippen LogP contribution < -0.4 is 10.9 Å². The standard InChI is InChI=1S/C19H19N3O5S/c23-18-11-16(19(24)20-12-13-4-3-9-27-13)15-10-14(5-6-17(15)21-18)28(25,26)22-7-1-2-8-22/h3-6,9-11H,1-2,7-8,12H2,(H,20,24)(H,21,23). The molecular weight excluding hydrogens is 382 g/mol. The number of fused-ring (bicyclic) bond motifs is 1. The van der Waals surface area contributed by atoms with Crippen LogP contribution in [0.1, 0.15) is 29.0 Å². The molecule has 8 nitrogen and oxygen atoms in total. The van der Waals surface area contributed by atoms with Gasteiger partial charge in [-0.2, -0.15) is 4.31 Å². The van der Waals surface area contributed by atoms with Gasteiger partial charge >= 0.3 is 0 Å². The number of nitrogens with one attached hydrogen (secondary N) is 2. The minimum absolute atomic E-state index is 0.106. The lowest BCUT2D eigenvalue weighted by Crippen LogP contribution is -2.28. The van der Waals surface area contributed by atoms with Crippen molar-refractivity contribution >= 4 is 26.8 Å². The van der Waals surface area contributed by atoms with Crippen molar-refractivity contribution in [2.45, 2.75) is 24.3 Å². The van der Waals surface area contributed by atoms with E-state index in [1.807, 2.05) is 0 Å². The van der Waals surface area contributed by atoms with E-state index in [2.05, 4.69) is 10.3 Å². The highest BCUT2D eigenvalue weighted by Crippen LogP contribution is 2.25. The zero-order chi connectivity index (χ0) is 19.7. The molecule has 3 aromatic rings. The highest BCUT2D eigenvalue weighted by molar-refractivity contribution is 7.89. The number of carbonyl (C=O) groups is 1. The highest BCUT2D eigenvalue weighted by atomic mass is 32.2. The van der Waals surface area contributed by atoms with Crippen LogP contribution in [0.3, 0.4) is 0 Å². The van der Waals surface area contributed by atoms with Gasteiger partial charge in [-0.05, 0) is 43.2 Å². The summed E-state index contributed by atoms with van der Waals surface area (Å²) < 4.78 is 32.3. The number of carbonyl (C=O) groups excluding carboxylic acids is 1. The van der Waals surface area contributed by atoms with Crippen LogP contribution in [0.25, 0.3) is 10.9 Å². The molecule has 1 aliphatic heterocycles. The summed E-state index contributed by atoms with van der Waals surface area (Å²) in [6, 6.07) is 9.02. The van der Waals surface area contributed by atoms with Crippen molar-refractivity contribution in [2.75, 3.05) is 13.1 Å². The lowest BCUT2D eigenvalue weighted by molar-refractivity contribution is 0.0949.